The van der Waals surface area contributed by atoms with Gasteiger partial charge in [0.2, 0.25) is 0 Å². The van der Waals surface area contributed by atoms with Gasteiger partial charge in [0.1, 0.15) is 11.5 Å². The molecule has 0 unspecified atom stereocenters. The molecule has 4 heterocycles. The second kappa shape index (κ2) is 17.3. The molecule has 0 atom stereocenters. The van der Waals surface area contributed by atoms with Crippen molar-refractivity contribution in [3.63, 3.8) is 0 Å². The van der Waals surface area contributed by atoms with Crippen molar-refractivity contribution in [1.82, 2.24) is 0 Å². The van der Waals surface area contributed by atoms with Crippen LogP contribution in [0.2, 0.25) is 0 Å². The first-order valence-electron chi connectivity index (χ1n) is 25.3. The van der Waals surface area contributed by atoms with Gasteiger partial charge in [-0.1, -0.05) is 163 Å². The predicted molar refractivity (Wildman–Crippen MR) is 312 cm³/mol. The monoisotopic (exact) mass is 962 g/mol. The summed E-state index contributed by atoms with van der Waals surface area (Å²) < 4.78 is 7.49. The van der Waals surface area contributed by atoms with Crippen molar-refractivity contribution >= 4 is 126 Å². The number of rotatable bonds is 8. The first-order chi connectivity index (χ1) is 36.7. The van der Waals surface area contributed by atoms with Gasteiger partial charge in [-0.2, -0.15) is 0 Å². The van der Waals surface area contributed by atoms with Crippen molar-refractivity contribution in [1.29, 1.82) is 0 Å². The molecule has 8 heteroatoms. The van der Waals surface area contributed by atoms with Crippen LogP contribution < -0.4 is 57.1 Å². The van der Waals surface area contributed by atoms with Gasteiger partial charge in [-0.3, -0.25) is 0 Å². The van der Waals surface area contributed by atoms with Crippen LogP contribution in [0.15, 0.2) is 277 Å². The third-order valence-electron chi connectivity index (χ3n) is 15.1. The summed E-state index contributed by atoms with van der Waals surface area (Å²) in [5.74, 6) is 1.77. The molecule has 11 aromatic rings. The highest BCUT2D eigenvalue weighted by atomic mass is 32.2. The van der Waals surface area contributed by atoms with Crippen molar-refractivity contribution in [3.05, 3.63) is 267 Å². The molecule has 4 aliphatic heterocycles. The summed E-state index contributed by atoms with van der Waals surface area (Å²) in [6.07, 6.45) is 0. The molecule has 0 saturated heterocycles. The smallest absolute Gasteiger partial charge is 0.253 e. The number of fused-ring (bicyclic) bond motifs is 8. The molecule has 74 heavy (non-hydrogen) atoms. The van der Waals surface area contributed by atoms with Crippen LogP contribution in [0.5, 0.6) is 11.5 Å². The zero-order valence-corrected chi connectivity index (χ0v) is 41.0. The number of para-hydroxylation sites is 7. The fourth-order valence-electron chi connectivity index (χ4n) is 12.0. The summed E-state index contributed by atoms with van der Waals surface area (Å²) in [5, 5.41) is 0. The van der Waals surface area contributed by atoms with Crippen molar-refractivity contribution in [2.75, 3.05) is 19.6 Å². The molecule has 0 amide bonds. The molecule has 0 fully saturated rings. The quantitative estimate of drug-likeness (QED) is 0.141. The molecule has 0 bridgehead atoms. The first-order valence-corrected chi connectivity index (χ1v) is 26.1. The normalized spacial score (nSPS) is 13.1. The van der Waals surface area contributed by atoms with Crippen molar-refractivity contribution in [3.8, 4) is 11.5 Å². The Morgan fingerprint density at radius 1 is 0.297 bits per heavy atom. The van der Waals surface area contributed by atoms with E-state index in [9.17, 15) is 0 Å². The maximum absolute atomic E-state index is 7.49. The maximum Gasteiger partial charge on any atom is 0.253 e. The van der Waals surface area contributed by atoms with E-state index in [-0.39, 0.29) is 13.4 Å². The predicted octanol–water partition coefficient (Wildman–Crippen LogP) is 13.8. The van der Waals surface area contributed by atoms with Gasteiger partial charge in [-0.05, 0) is 143 Å². The number of hydrogen-bond acceptors (Lipinski definition) is 6. The lowest BCUT2D eigenvalue weighted by atomic mass is 9.32. The number of anilines is 12. The molecule has 346 valence electrons. The minimum absolute atomic E-state index is 0.0674. The molecule has 0 spiro atoms. The van der Waals surface area contributed by atoms with E-state index >= 15 is 0 Å². The highest BCUT2D eigenvalue weighted by molar-refractivity contribution is 8.00. The van der Waals surface area contributed by atoms with Crippen LogP contribution in [0.1, 0.15) is 0 Å². The van der Waals surface area contributed by atoms with Crippen LogP contribution in [0.25, 0.3) is 0 Å². The van der Waals surface area contributed by atoms with E-state index in [1.807, 2.05) is 11.8 Å². The third kappa shape index (κ3) is 6.75. The minimum Gasteiger partial charge on any atom is -0.458 e. The Morgan fingerprint density at radius 2 is 0.743 bits per heavy atom. The molecule has 5 nitrogen and oxygen atoms in total. The van der Waals surface area contributed by atoms with Gasteiger partial charge in [-0.15, -0.1) is 0 Å². The average Bonchev–Trinajstić information content (AvgIpc) is 3.50. The molecule has 0 radical (unpaired) electrons. The van der Waals surface area contributed by atoms with Crippen LogP contribution in [0.3, 0.4) is 0 Å². The van der Waals surface area contributed by atoms with E-state index in [2.05, 4.69) is 287 Å². The van der Waals surface area contributed by atoms with Gasteiger partial charge in [-0.25, -0.2) is 0 Å². The highest BCUT2D eigenvalue weighted by Crippen LogP contribution is 2.49. The lowest BCUT2D eigenvalue weighted by molar-refractivity contribution is 0.487. The summed E-state index contributed by atoms with van der Waals surface area (Å²) >= 11 is 1.84. The lowest BCUT2D eigenvalue weighted by Gasteiger charge is -2.45. The van der Waals surface area contributed by atoms with Crippen LogP contribution in [-0.4, -0.2) is 13.4 Å². The highest BCUT2D eigenvalue weighted by Gasteiger charge is 2.47. The fourth-order valence-corrected chi connectivity index (χ4v) is 13.2. The molecule has 15 rings (SSSR count). The zero-order valence-electron chi connectivity index (χ0n) is 40.2. The fraction of sp³-hybridized carbons (Fsp3) is 0. The topological polar surface area (TPSA) is 22.2 Å². The van der Waals surface area contributed by atoms with E-state index in [1.54, 1.807) is 0 Å². The molecule has 0 aromatic heterocycles. The molecule has 0 aliphatic carbocycles. The second-order valence-corrected chi connectivity index (χ2v) is 20.3. The Hall–Kier alpha value is -9.10. The van der Waals surface area contributed by atoms with Gasteiger partial charge < -0.3 is 24.3 Å². The van der Waals surface area contributed by atoms with E-state index in [4.69, 9.17) is 4.74 Å². The van der Waals surface area contributed by atoms with Gasteiger partial charge in [0.15, 0.2) is 0 Å². The second-order valence-electron chi connectivity index (χ2n) is 19.2. The van der Waals surface area contributed by atoms with E-state index in [0.717, 1.165) is 85.2 Å². The summed E-state index contributed by atoms with van der Waals surface area (Å²) in [7, 11) is 0. The summed E-state index contributed by atoms with van der Waals surface area (Å²) in [6.45, 7) is -0.192. The van der Waals surface area contributed by atoms with Crippen LogP contribution >= 0.6 is 11.8 Å². The van der Waals surface area contributed by atoms with E-state index in [1.165, 1.54) is 37.1 Å². The molecule has 11 aromatic carbocycles. The Kier molecular flexibility index (Phi) is 9.95. The molecule has 0 saturated carbocycles. The Morgan fingerprint density at radius 3 is 1.30 bits per heavy atom. The van der Waals surface area contributed by atoms with Crippen molar-refractivity contribution < 1.29 is 4.74 Å². The third-order valence-corrected chi connectivity index (χ3v) is 16.2. The SMILES string of the molecule is c1ccc(N(c2ccccc2)c2cc3c4c(c2)Sc2ccccc2B4c2cc4c(cc2O3)B2c3ccccc3N(c3ccccc3)c3cc(N(c5ccccc5)c5ccccc5)cc(c32)N4c2ccccc2)cc1. The van der Waals surface area contributed by atoms with E-state index < -0.39 is 0 Å². The summed E-state index contributed by atoms with van der Waals surface area (Å²) in [6, 6.07) is 97.0. The van der Waals surface area contributed by atoms with Crippen LogP contribution in [0, 0.1) is 0 Å². The first kappa shape index (κ1) is 42.6. The largest absolute Gasteiger partial charge is 0.458 e. The Labute approximate surface area is 436 Å². The van der Waals surface area contributed by atoms with Gasteiger partial charge in [0.25, 0.3) is 13.4 Å². The zero-order chi connectivity index (χ0) is 48.7. The molecular formula is C66H44B2N4OS. The summed E-state index contributed by atoms with van der Waals surface area (Å²) in [4.78, 5) is 12.2. The van der Waals surface area contributed by atoms with Gasteiger partial charge >= 0.3 is 0 Å². The van der Waals surface area contributed by atoms with Crippen molar-refractivity contribution in [2.24, 2.45) is 0 Å². The Bertz CT molecular complexity index is 3870. The van der Waals surface area contributed by atoms with Crippen LogP contribution in [0.4, 0.5) is 68.2 Å². The lowest BCUT2D eigenvalue weighted by Crippen LogP contribution is -2.63. The number of ether oxygens (including phenoxy) is 1. The summed E-state index contributed by atoms with van der Waals surface area (Å²) in [5.41, 5.74) is 20.6. The minimum atomic E-state index is -0.125. The number of hydrogen-bond donors (Lipinski definition) is 0. The van der Waals surface area contributed by atoms with Crippen molar-refractivity contribution in [2.45, 2.75) is 9.79 Å². The average molecular weight is 963 g/mol. The standard InChI is InChI=1S/C66H44B2N4OS/c1-7-23-45(24-8-1)69(46-25-9-2-10-26-46)51-39-59-65-60(40-51)72(50-33-17-6-18-34-50)58-43-56-61(44-55(58)67(65)53-35-19-21-37-57(53)71(59)49-31-15-5-16-32-49)73-62-41-52(42-64-66(62)68(56)54-36-20-22-38-63(54)74-64)70(47-27-11-3-12-28-47)48-29-13-4-14-30-48/h1-44H. The molecular weight excluding hydrogens is 918 g/mol. The maximum atomic E-state index is 7.49. The Balaban J connectivity index is 1.00. The van der Waals surface area contributed by atoms with E-state index in [0.29, 0.717) is 0 Å². The molecule has 4 aliphatic rings. The van der Waals surface area contributed by atoms with Gasteiger partial charge in [0, 0.05) is 72.7 Å². The number of benzene rings is 11. The molecule has 0 N–H and O–H groups in total. The number of nitrogens with zero attached hydrogens (tertiary/aromatic N) is 4. The van der Waals surface area contributed by atoms with Gasteiger partial charge in [0.05, 0.1) is 11.4 Å². The van der Waals surface area contributed by atoms with Crippen LogP contribution in [-0.2, 0) is 0 Å².